The number of rotatable bonds is 6. The first kappa shape index (κ1) is 21.5. The molecule has 4 N–H and O–H groups in total. The van der Waals surface area contributed by atoms with Crippen LogP contribution >= 0.6 is 0 Å². The van der Waals surface area contributed by atoms with E-state index >= 15 is 0 Å². The van der Waals surface area contributed by atoms with E-state index in [1.54, 1.807) is 48.1 Å². The van der Waals surface area contributed by atoms with Crippen LogP contribution in [0.15, 0.2) is 78.9 Å². The van der Waals surface area contributed by atoms with Crippen molar-refractivity contribution in [2.75, 3.05) is 16.0 Å². The fraction of sp³-hybridized carbons (Fsp3) is 0.0870. The summed E-state index contributed by atoms with van der Waals surface area (Å²) in [6.45, 7) is 0.286. The maximum atomic E-state index is 12.4. The standard InChI is InChI=1S/C23H22N8O2/c1-31-21(28-29-30-31)17-8-6-12-20(14-17)26-22(32)24-15-16-7-5-11-19(13-16)27-23(33)25-18-9-3-2-4-10-18/h2-14H,15H2,1H3,(H2,24,26,32)(H2,25,27,33). The minimum absolute atomic E-state index is 0.286. The van der Waals surface area contributed by atoms with E-state index in [-0.39, 0.29) is 18.6 Å². The van der Waals surface area contributed by atoms with Crippen LogP contribution in [0.2, 0.25) is 0 Å². The molecular formula is C23H22N8O2. The van der Waals surface area contributed by atoms with Gasteiger partial charge >= 0.3 is 12.1 Å². The number of amides is 4. The summed E-state index contributed by atoms with van der Waals surface area (Å²) in [4.78, 5) is 24.5. The molecule has 10 heteroatoms. The van der Waals surface area contributed by atoms with Crippen molar-refractivity contribution in [3.8, 4) is 11.4 Å². The maximum absolute atomic E-state index is 12.4. The Kier molecular flexibility index (Phi) is 6.55. The number of nitrogens with zero attached hydrogens (tertiary/aromatic N) is 4. The van der Waals surface area contributed by atoms with Gasteiger partial charge in [-0.15, -0.1) is 5.10 Å². The lowest BCUT2D eigenvalue weighted by molar-refractivity contribution is 0.251. The number of hydrogen-bond acceptors (Lipinski definition) is 5. The van der Waals surface area contributed by atoms with Crippen LogP contribution in [0, 0.1) is 0 Å². The molecule has 0 saturated carbocycles. The zero-order valence-electron chi connectivity index (χ0n) is 17.8. The van der Waals surface area contributed by atoms with Crippen molar-refractivity contribution >= 4 is 29.1 Å². The summed E-state index contributed by atoms with van der Waals surface area (Å²) in [5, 5.41) is 22.6. The lowest BCUT2D eigenvalue weighted by atomic mass is 10.2. The van der Waals surface area contributed by atoms with Crippen molar-refractivity contribution in [2.45, 2.75) is 6.54 Å². The molecule has 0 atom stereocenters. The van der Waals surface area contributed by atoms with Crippen molar-refractivity contribution in [1.29, 1.82) is 0 Å². The lowest BCUT2D eigenvalue weighted by Crippen LogP contribution is -2.28. The van der Waals surface area contributed by atoms with Gasteiger partial charge in [0.1, 0.15) is 0 Å². The monoisotopic (exact) mass is 442 g/mol. The van der Waals surface area contributed by atoms with Gasteiger partial charge in [0.2, 0.25) is 0 Å². The lowest BCUT2D eigenvalue weighted by Gasteiger charge is -2.11. The van der Waals surface area contributed by atoms with Gasteiger partial charge in [-0.1, -0.05) is 42.5 Å². The zero-order valence-corrected chi connectivity index (χ0v) is 17.8. The van der Waals surface area contributed by atoms with E-state index in [2.05, 4.69) is 36.8 Å². The average Bonchev–Trinajstić information content (AvgIpc) is 3.24. The van der Waals surface area contributed by atoms with E-state index in [4.69, 9.17) is 0 Å². The van der Waals surface area contributed by atoms with Crippen molar-refractivity contribution < 1.29 is 9.59 Å². The third-order valence-corrected chi connectivity index (χ3v) is 4.67. The molecule has 0 aliphatic carbocycles. The molecule has 10 nitrogen and oxygen atoms in total. The second-order valence-corrected chi connectivity index (χ2v) is 7.16. The number of carbonyl (C=O) groups is 2. The second-order valence-electron chi connectivity index (χ2n) is 7.16. The molecule has 0 unspecified atom stereocenters. The first-order valence-corrected chi connectivity index (χ1v) is 10.2. The number of aromatic nitrogens is 4. The van der Waals surface area contributed by atoms with Gasteiger partial charge in [0.15, 0.2) is 5.82 Å². The summed E-state index contributed by atoms with van der Waals surface area (Å²) >= 11 is 0. The molecule has 0 radical (unpaired) electrons. The molecule has 4 rings (SSSR count). The summed E-state index contributed by atoms with van der Waals surface area (Å²) in [7, 11) is 1.75. The molecule has 166 valence electrons. The van der Waals surface area contributed by atoms with Crippen molar-refractivity contribution in [3.63, 3.8) is 0 Å². The smallest absolute Gasteiger partial charge is 0.323 e. The highest BCUT2D eigenvalue weighted by atomic mass is 16.2. The highest BCUT2D eigenvalue weighted by Crippen LogP contribution is 2.19. The zero-order chi connectivity index (χ0) is 23.0. The topological polar surface area (TPSA) is 126 Å². The molecule has 0 aliphatic heterocycles. The van der Waals surface area contributed by atoms with Crippen LogP contribution in [0.5, 0.6) is 0 Å². The Balaban J connectivity index is 1.31. The Labute approximate surface area is 190 Å². The van der Waals surface area contributed by atoms with Crippen LogP contribution in [-0.2, 0) is 13.6 Å². The fourth-order valence-electron chi connectivity index (χ4n) is 3.14. The third kappa shape index (κ3) is 5.91. The Morgan fingerprint density at radius 1 is 0.788 bits per heavy atom. The summed E-state index contributed by atoms with van der Waals surface area (Å²) in [6, 6.07) is 23.0. The minimum Gasteiger partial charge on any atom is -0.334 e. The highest BCUT2D eigenvalue weighted by molar-refractivity contribution is 5.99. The van der Waals surface area contributed by atoms with E-state index in [0.717, 1.165) is 11.1 Å². The number of nitrogens with one attached hydrogen (secondary N) is 4. The number of carbonyl (C=O) groups excluding carboxylic acids is 2. The van der Waals surface area contributed by atoms with Gasteiger partial charge in [0.25, 0.3) is 0 Å². The van der Waals surface area contributed by atoms with Gasteiger partial charge in [0.05, 0.1) is 0 Å². The number of urea groups is 2. The Morgan fingerprint density at radius 2 is 1.45 bits per heavy atom. The minimum atomic E-state index is -0.358. The summed E-state index contributed by atoms with van der Waals surface area (Å²) in [5.41, 5.74) is 3.55. The quantitative estimate of drug-likeness (QED) is 0.361. The molecule has 0 aliphatic rings. The predicted octanol–water partition coefficient (Wildman–Crippen LogP) is 3.84. The molecule has 1 aromatic heterocycles. The Bertz CT molecular complexity index is 1260. The molecule has 1 heterocycles. The van der Waals surface area contributed by atoms with Crippen LogP contribution in [0.25, 0.3) is 11.4 Å². The Hall–Kier alpha value is -4.73. The third-order valence-electron chi connectivity index (χ3n) is 4.67. The van der Waals surface area contributed by atoms with E-state index in [1.807, 2.05) is 42.5 Å². The fourth-order valence-corrected chi connectivity index (χ4v) is 3.14. The summed E-state index contributed by atoms with van der Waals surface area (Å²) in [5.74, 6) is 0.597. The highest BCUT2D eigenvalue weighted by Gasteiger charge is 2.08. The predicted molar refractivity (Wildman–Crippen MR) is 126 cm³/mol. The molecule has 3 aromatic carbocycles. The normalized spacial score (nSPS) is 10.3. The van der Waals surface area contributed by atoms with Crippen LogP contribution < -0.4 is 21.3 Å². The number of hydrogen-bond donors (Lipinski definition) is 4. The summed E-state index contributed by atoms with van der Waals surface area (Å²) < 4.78 is 1.56. The molecule has 4 aromatic rings. The van der Waals surface area contributed by atoms with Gasteiger partial charge in [-0.2, -0.15) is 0 Å². The van der Waals surface area contributed by atoms with Gasteiger partial charge < -0.3 is 21.3 Å². The second kappa shape index (κ2) is 10.1. The molecule has 0 fully saturated rings. The van der Waals surface area contributed by atoms with Gasteiger partial charge in [-0.3, -0.25) is 0 Å². The molecule has 4 amide bonds. The molecular weight excluding hydrogens is 420 g/mol. The molecule has 0 saturated heterocycles. The van der Waals surface area contributed by atoms with E-state index in [9.17, 15) is 9.59 Å². The van der Waals surface area contributed by atoms with Crippen LogP contribution in [0.3, 0.4) is 0 Å². The van der Waals surface area contributed by atoms with E-state index < -0.39 is 0 Å². The largest absolute Gasteiger partial charge is 0.334 e. The molecule has 0 spiro atoms. The number of para-hydroxylation sites is 1. The van der Waals surface area contributed by atoms with Crippen LogP contribution in [-0.4, -0.2) is 32.3 Å². The van der Waals surface area contributed by atoms with Crippen LogP contribution in [0.4, 0.5) is 26.7 Å². The van der Waals surface area contributed by atoms with Gasteiger partial charge in [-0.05, 0) is 52.4 Å². The Morgan fingerprint density at radius 3 is 2.21 bits per heavy atom. The average molecular weight is 442 g/mol. The van der Waals surface area contributed by atoms with Crippen molar-refractivity contribution in [1.82, 2.24) is 25.5 Å². The number of benzene rings is 3. The number of tetrazole rings is 1. The van der Waals surface area contributed by atoms with Crippen LogP contribution in [0.1, 0.15) is 5.56 Å². The summed E-state index contributed by atoms with van der Waals surface area (Å²) in [6.07, 6.45) is 0. The van der Waals surface area contributed by atoms with E-state index in [1.165, 1.54) is 0 Å². The SMILES string of the molecule is Cn1nnnc1-c1cccc(NC(=O)NCc2cccc(NC(=O)Nc3ccccc3)c2)c1. The molecule has 0 bridgehead atoms. The number of aryl methyl sites for hydroxylation is 1. The van der Waals surface area contributed by atoms with Gasteiger partial charge in [0, 0.05) is 36.2 Å². The molecule has 33 heavy (non-hydrogen) atoms. The number of anilines is 3. The van der Waals surface area contributed by atoms with Gasteiger partial charge in [-0.25, -0.2) is 14.3 Å². The van der Waals surface area contributed by atoms with E-state index in [0.29, 0.717) is 22.9 Å². The first-order chi connectivity index (χ1) is 16.1. The van der Waals surface area contributed by atoms with Crippen molar-refractivity contribution in [3.05, 3.63) is 84.4 Å². The maximum Gasteiger partial charge on any atom is 0.323 e. The van der Waals surface area contributed by atoms with Crippen molar-refractivity contribution in [2.24, 2.45) is 7.05 Å². The first-order valence-electron chi connectivity index (χ1n) is 10.2.